The number of nitrogens with zero attached hydrogens (tertiary/aromatic N) is 3. The van der Waals surface area contributed by atoms with Crippen LogP contribution in [0, 0.1) is 6.92 Å². The molecule has 1 N–H and O–H groups in total. The minimum absolute atomic E-state index is 0.251. The average Bonchev–Trinajstić information content (AvgIpc) is 3.26. The lowest BCUT2D eigenvalue weighted by atomic mass is 10.1. The Labute approximate surface area is 144 Å². The monoisotopic (exact) mass is 334 g/mol. The topological polar surface area (TPSA) is 42.2 Å². The van der Waals surface area contributed by atoms with Crippen molar-refractivity contribution < 1.29 is 0 Å². The number of aromatic nitrogens is 3. The average molecular weight is 334 g/mol. The Bertz CT molecular complexity index is 955. The van der Waals surface area contributed by atoms with Crippen molar-refractivity contribution in [2.24, 2.45) is 0 Å². The highest BCUT2D eigenvalue weighted by atomic mass is 32.1. The molecule has 0 radical (unpaired) electrons. The minimum atomic E-state index is 0.251. The number of rotatable bonds is 4. The third-order valence-electron chi connectivity index (χ3n) is 4.12. The zero-order valence-electron chi connectivity index (χ0n) is 13.6. The Balaban J connectivity index is 1.57. The zero-order valence-corrected chi connectivity index (χ0v) is 14.4. The summed E-state index contributed by atoms with van der Waals surface area (Å²) in [6.45, 7) is 4.23. The normalized spacial score (nSPS) is 12.4. The highest BCUT2D eigenvalue weighted by molar-refractivity contribution is 7.09. The van der Waals surface area contributed by atoms with Crippen LogP contribution in [0.1, 0.15) is 23.4 Å². The summed E-state index contributed by atoms with van der Waals surface area (Å²) in [5.41, 5.74) is 7.26. The third kappa shape index (κ3) is 2.78. The van der Waals surface area contributed by atoms with E-state index in [2.05, 4.69) is 65.1 Å². The third-order valence-corrected chi connectivity index (χ3v) is 5.08. The van der Waals surface area contributed by atoms with Gasteiger partial charge in [0.2, 0.25) is 0 Å². The molecule has 0 aliphatic heterocycles. The molecule has 1 unspecified atom stereocenters. The maximum absolute atomic E-state index is 4.75. The van der Waals surface area contributed by atoms with Crippen molar-refractivity contribution in [3.05, 3.63) is 70.9 Å². The van der Waals surface area contributed by atoms with E-state index in [9.17, 15) is 0 Å². The lowest BCUT2D eigenvalue weighted by Crippen LogP contribution is -2.04. The second-order valence-corrected chi connectivity index (χ2v) is 6.81. The molecular weight excluding hydrogens is 316 g/mol. The van der Waals surface area contributed by atoms with Crippen molar-refractivity contribution in [2.75, 3.05) is 5.32 Å². The van der Waals surface area contributed by atoms with Gasteiger partial charge in [-0.1, -0.05) is 18.2 Å². The summed E-state index contributed by atoms with van der Waals surface area (Å²) < 4.78 is 2.07. The van der Waals surface area contributed by atoms with Crippen molar-refractivity contribution in [1.29, 1.82) is 0 Å². The fraction of sp³-hybridized carbons (Fsp3) is 0.158. The second-order valence-electron chi connectivity index (χ2n) is 5.90. The summed E-state index contributed by atoms with van der Waals surface area (Å²) in [5, 5.41) is 3.50. The number of pyridine rings is 1. The lowest BCUT2D eigenvalue weighted by molar-refractivity contribution is 0.904. The molecule has 3 aromatic heterocycles. The molecule has 4 rings (SSSR count). The van der Waals surface area contributed by atoms with Crippen LogP contribution in [-0.2, 0) is 0 Å². The molecule has 0 aliphatic carbocycles. The molecular formula is C19H18N4S. The van der Waals surface area contributed by atoms with Crippen molar-refractivity contribution in [3.63, 3.8) is 0 Å². The van der Waals surface area contributed by atoms with Gasteiger partial charge in [0.1, 0.15) is 5.65 Å². The maximum atomic E-state index is 4.75. The van der Waals surface area contributed by atoms with Gasteiger partial charge in [-0.25, -0.2) is 4.98 Å². The standard InChI is InChI=1S/C19H18N4S/c1-13-4-3-9-23-11-17(22-19(13)23)15-5-7-16(8-6-15)21-14(2)18-10-20-12-24-18/h3-12,14,21H,1-2H3. The van der Waals surface area contributed by atoms with Crippen LogP contribution < -0.4 is 5.32 Å². The molecule has 0 saturated carbocycles. The number of hydrogen-bond acceptors (Lipinski definition) is 4. The largest absolute Gasteiger partial charge is 0.378 e. The first-order valence-electron chi connectivity index (χ1n) is 7.90. The Kier molecular flexibility index (Phi) is 3.78. The van der Waals surface area contributed by atoms with E-state index in [0.717, 1.165) is 22.6 Å². The summed E-state index contributed by atoms with van der Waals surface area (Å²) in [7, 11) is 0. The van der Waals surface area contributed by atoms with E-state index in [0.29, 0.717) is 0 Å². The SMILES string of the molecule is Cc1cccn2cc(-c3ccc(NC(C)c4cncs4)cc3)nc12. The number of hydrogen-bond donors (Lipinski definition) is 1. The second kappa shape index (κ2) is 6.09. The van der Waals surface area contributed by atoms with Gasteiger partial charge in [-0.2, -0.15) is 0 Å². The predicted octanol–water partition coefficient (Wildman–Crippen LogP) is 4.94. The van der Waals surface area contributed by atoms with Crippen LogP contribution >= 0.6 is 11.3 Å². The van der Waals surface area contributed by atoms with Crippen LogP contribution in [0.15, 0.2) is 60.5 Å². The first-order valence-corrected chi connectivity index (χ1v) is 8.78. The van der Waals surface area contributed by atoms with Crippen LogP contribution in [0.4, 0.5) is 5.69 Å². The summed E-state index contributed by atoms with van der Waals surface area (Å²) in [5.74, 6) is 0. The van der Waals surface area contributed by atoms with Crippen molar-refractivity contribution >= 4 is 22.7 Å². The van der Waals surface area contributed by atoms with Crippen LogP contribution in [0.2, 0.25) is 0 Å². The predicted molar refractivity (Wildman–Crippen MR) is 99.5 cm³/mol. The Hall–Kier alpha value is -2.66. The van der Waals surface area contributed by atoms with E-state index < -0.39 is 0 Å². The number of aryl methyl sites for hydroxylation is 1. The van der Waals surface area contributed by atoms with E-state index in [1.807, 2.05) is 24.0 Å². The molecule has 0 saturated heterocycles. The van der Waals surface area contributed by atoms with Gasteiger partial charge in [0.05, 0.1) is 17.2 Å². The zero-order chi connectivity index (χ0) is 16.5. The molecule has 24 heavy (non-hydrogen) atoms. The fourth-order valence-corrected chi connectivity index (χ4v) is 3.42. The van der Waals surface area contributed by atoms with Gasteiger partial charge in [-0.15, -0.1) is 11.3 Å². The Morgan fingerprint density at radius 3 is 2.71 bits per heavy atom. The Morgan fingerprint density at radius 2 is 2.00 bits per heavy atom. The van der Waals surface area contributed by atoms with E-state index in [1.54, 1.807) is 11.3 Å². The highest BCUT2D eigenvalue weighted by Crippen LogP contribution is 2.25. The number of thiazole rings is 1. The van der Waals surface area contributed by atoms with Gasteiger partial charge in [0.25, 0.3) is 0 Å². The number of fused-ring (bicyclic) bond motifs is 1. The van der Waals surface area contributed by atoms with Crippen molar-refractivity contribution in [1.82, 2.24) is 14.4 Å². The molecule has 120 valence electrons. The van der Waals surface area contributed by atoms with Crippen LogP contribution in [0.5, 0.6) is 0 Å². The van der Waals surface area contributed by atoms with Crippen molar-refractivity contribution in [2.45, 2.75) is 19.9 Å². The van der Waals surface area contributed by atoms with Crippen molar-refractivity contribution in [3.8, 4) is 11.3 Å². The van der Waals surface area contributed by atoms with Gasteiger partial charge in [-0.05, 0) is 37.6 Å². The van der Waals surface area contributed by atoms with E-state index >= 15 is 0 Å². The molecule has 0 bridgehead atoms. The molecule has 3 heterocycles. The molecule has 0 amide bonds. The molecule has 5 heteroatoms. The molecule has 1 aromatic carbocycles. The quantitative estimate of drug-likeness (QED) is 0.575. The van der Waals surface area contributed by atoms with Gasteiger partial charge in [-0.3, -0.25) is 4.98 Å². The molecule has 4 nitrogen and oxygen atoms in total. The van der Waals surface area contributed by atoms with E-state index in [-0.39, 0.29) is 6.04 Å². The van der Waals surface area contributed by atoms with E-state index in [1.165, 1.54) is 10.4 Å². The summed E-state index contributed by atoms with van der Waals surface area (Å²) in [6, 6.07) is 12.8. The van der Waals surface area contributed by atoms with Crippen LogP contribution in [0.3, 0.4) is 0 Å². The molecule has 0 spiro atoms. The van der Waals surface area contributed by atoms with Crippen LogP contribution in [-0.4, -0.2) is 14.4 Å². The smallest absolute Gasteiger partial charge is 0.140 e. The first kappa shape index (κ1) is 14.9. The number of anilines is 1. The maximum Gasteiger partial charge on any atom is 0.140 e. The van der Waals surface area contributed by atoms with Gasteiger partial charge in [0, 0.05) is 34.7 Å². The lowest BCUT2D eigenvalue weighted by Gasteiger charge is -2.13. The number of benzene rings is 1. The number of imidazole rings is 1. The summed E-state index contributed by atoms with van der Waals surface area (Å²) >= 11 is 1.67. The molecule has 0 aliphatic rings. The molecule has 1 atom stereocenters. The molecule has 0 fully saturated rings. The highest BCUT2D eigenvalue weighted by Gasteiger charge is 2.08. The summed E-state index contributed by atoms with van der Waals surface area (Å²) in [6.07, 6.45) is 6.02. The fourth-order valence-electron chi connectivity index (χ4n) is 2.79. The summed E-state index contributed by atoms with van der Waals surface area (Å²) in [4.78, 5) is 10.1. The first-order chi connectivity index (χ1) is 11.7. The van der Waals surface area contributed by atoms with Gasteiger partial charge < -0.3 is 9.72 Å². The number of nitrogens with one attached hydrogen (secondary N) is 1. The molecule has 4 aromatic rings. The Morgan fingerprint density at radius 1 is 1.17 bits per heavy atom. The minimum Gasteiger partial charge on any atom is -0.378 e. The van der Waals surface area contributed by atoms with Crippen LogP contribution in [0.25, 0.3) is 16.9 Å². The van der Waals surface area contributed by atoms with Gasteiger partial charge >= 0.3 is 0 Å². The van der Waals surface area contributed by atoms with E-state index in [4.69, 9.17) is 4.98 Å². The van der Waals surface area contributed by atoms with Gasteiger partial charge in [0.15, 0.2) is 0 Å².